The van der Waals surface area contributed by atoms with Crippen molar-refractivity contribution in [2.24, 2.45) is 0 Å². The molecule has 0 aliphatic rings. The number of hydrogen-bond donors (Lipinski definition) is 0. The van der Waals surface area contributed by atoms with Crippen LogP contribution in [0.3, 0.4) is 0 Å². The Morgan fingerprint density at radius 2 is 1.92 bits per heavy atom. The monoisotopic (exact) mass is 359 g/mol. The lowest BCUT2D eigenvalue weighted by Gasteiger charge is -2.00. The fraction of sp³-hybridized carbons (Fsp3) is 0.0500. The molecular formula is C20H13N3O2S. The lowest BCUT2D eigenvalue weighted by atomic mass is 10.1. The molecule has 6 heteroatoms. The minimum Gasteiger partial charge on any atom is -0.422 e. The smallest absolute Gasteiger partial charge is 0.345 e. The molecule has 0 aliphatic carbocycles. The predicted molar refractivity (Wildman–Crippen MR) is 103 cm³/mol. The minimum absolute atomic E-state index is 0.393. The first-order chi connectivity index (χ1) is 12.7. The van der Waals surface area contributed by atoms with E-state index >= 15 is 0 Å². The Morgan fingerprint density at radius 3 is 2.73 bits per heavy atom. The molecule has 5 rings (SSSR count). The Labute approximate surface area is 152 Å². The van der Waals surface area contributed by atoms with Gasteiger partial charge in [0, 0.05) is 10.9 Å². The molecule has 26 heavy (non-hydrogen) atoms. The molecule has 0 N–H and O–H groups in total. The fourth-order valence-corrected chi connectivity index (χ4v) is 3.84. The van der Waals surface area contributed by atoms with E-state index in [0.717, 1.165) is 26.5 Å². The largest absolute Gasteiger partial charge is 0.422 e. The van der Waals surface area contributed by atoms with Crippen molar-refractivity contribution in [3.05, 3.63) is 76.8 Å². The Bertz CT molecular complexity index is 1280. The van der Waals surface area contributed by atoms with Gasteiger partial charge in [0.2, 0.25) is 4.96 Å². The molecule has 2 aromatic carbocycles. The third-order valence-electron chi connectivity index (χ3n) is 4.23. The molecule has 0 saturated heterocycles. The van der Waals surface area contributed by atoms with Crippen molar-refractivity contribution in [3.63, 3.8) is 0 Å². The van der Waals surface area contributed by atoms with Crippen LogP contribution in [0.25, 0.3) is 37.8 Å². The standard InChI is InChI=1S/C20H13N3O2S/c1-12-7-8-17-14(9-12)10-15(19(24)25-17)16-11-23-20(21-16)26-18(22-23)13-5-3-2-4-6-13/h2-11H,1H3. The van der Waals surface area contributed by atoms with E-state index < -0.39 is 5.63 Å². The molecular weight excluding hydrogens is 346 g/mol. The number of fused-ring (bicyclic) bond motifs is 2. The van der Waals surface area contributed by atoms with Gasteiger partial charge in [0.1, 0.15) is 10.6 Å². The van der Waals surface area contributed by atoms with Crippen LogP contribution in [-0.4, -0.2) is 14.6 Å². The van der Waals surface area contributed by atoms with Gasteiger partial charge in [0.25, 0.3) is 0 Å². The average Bonchev–Trinajstić information content (AvgIpc) is 3.21. The van der Waals surface area contributed by atoms with Crippen molar-refractivity contribution in [1.82, 2.24) is 14.6 Å². The number of hydrogen-bond acceptors (Lipinski definition) is 5. The van der Waals surface area contributed by atoms with Crippen LogP contribution in [0.1, 0.15) is 5.56 Å². The zero-order chi connectivity index (χ0) is 17.7. The molecule has 126 valence electrons. The number of aryl methyl sites for hydroxylation is 1. The van der Waals surface area contributed by atoms with Crippen LogP contribution in [0.4, 0.5) is 0 Å². The van der Waals surface area contributed by atoms with Crippen molar-refractivity contribution in [2.45, 2.75) is 6.92 Å². The van der Waals surface area contributed by atoms with Crippen molar-refractivity contribution in [2.75, 3.05) is 0 Å². The van der Waals surface area contributed by atoms with Crippen LogP contribution in [0.5, 0.6) is 0 Å². The summed E-state index contributed by atoms with van der Waals surface area (Å²) in [5, 5.41) is 6.35. The zero-order valence-electron chi connectivity index (χ0n) is 13.8. The zero-order valence-corrected chi connectivity index (χ0v) is 14.7. The van der Waals surface area contributed by atoms with Crippen LogP contribution in [-0.2, 0) is 0 Å². The molecule has 0 fully saturated rings. The summed E-state index contributed by atoms with van der Waals surface area (Å²) in [6.45, 7) is 2.01. The Kier molecular flexibility index (Phi) is 3.26. The van der Waals surface area contributed by atoms with Gasteiger partial charge in [-0.15, -0.1) is 0 Å². The van der Waals surface area contributed by atoms with E-state index in [0.29, 0.717) is 16.8 Å². The molecule has 3 aromatic heterocycles. The molecule has 5 nitrogen and oxygen atoms in total. The van der Waals surface area contributed by atoms with Crippen molar-refractivity contribution in [1.29, 1.82) is 0 Å². The summed E-state index contributed by atoms with van der Waals surface area (Å²) in [4.78, 5) is 17.7. The second-order valence-electron chi connectivity index (χ2n) is 6.12. The first-order valence-corrected chi connectivity index (χ1v) is 8.95. The summed E-state index contributed by atoms with van der Waals surface area (Å²) in [5.74, 6) is 0. The van der Waals surface area contributed by atoms with Crippen molar-refractivity contribution < 1.29 is 4.42 Å². The Balaban J connectivity index is 1.63. The molecule has 0 aliphatic heterocycles. The van der Waals surface area contributed by atoms with Crippen LogP contribution >= 0.6 is 11.3 Å². The maximum absolute atomic E-state index is 12.4. The SMILES string of the molecule is Cc1ccc2oc(=O)c(-c3cn4nc(-c5ccccc5)sc4n3)cc2c1. The quantitative estimate of drug-likeness (QED) is 0.434. The van der Waals surface area contributed by atoms with Gasteiger partial charge in [0.15, 0.2) is 0 Å². The van der Waals surface area contributed by atoms with Gasteiger partial charge in [-0.05, 0) is 25.1 Å². The van der Waals surface area contributed by atoms with Gasteiger partial charge in [-0.3, -0.25) is 0 Å². The van der Waals surface area contributed by atoms with E-state index in [1.165, 1.54) is 11.3 Å². The third kappa shape index (κ3) is 2.43. The summed E-state index contributed by atoms with van der Waals surface area (Å²) in [7, 11) is 0. The van der Waals surface area contributed by atoms with Crippen LogP contribution in [0, 0.1) is 6.92 Å². The number of benzene rings is 2. The summed E-state index contributed by atoms with van der Waals surface area (Å²) < 4.78 is 7.16. The maximum atomic E-state index is 12.4. The topological polar surface area (TPSA) is 60.4 Å². The first kappa shape index (κ1) is 15.0. The fourth-order valence-electron chi connectivity index (χ4n) is 2.95. The Morgan fingerprint density at radius 1 is 1.08 bits per heavy atom. The van der Waals surface area contributed by atoms with Crippen LogP contribution in [0.15, 0.2) is 70.0 Å². The van der Waals surface area contributed by atoms with Gasteiger partial charge in [-0.1, -0.05) is 53.3 Å². The molecule has 0 amide bonds. The van der Waals surface area contributed by atoms with E-state index in [2.05, 4.69) is 10.1 Å². The summed E-state index contributed by atoms with van der Waals surface area (Å²) in [5.41, 5.74) is 3.36. The van der Waals surface area contributed by atoms with E-state index in [9.17, 15) is 4.79 Å². The predicted octanol–water partition coefficient (Wildman–Crippen LogP) is 4.54. The number of nitrogens with zero attached hydrogens (tertiary/aromatic N) is 3. The molecule has 5 aromatic rings. The van der Waals surface area contributed by atoms with Gasteiger partial charge in [-0.2, -0.15) is 5.10 Å². The highest BCUT2D eigenvalue weighted by molar-refractivity contribution is 7.19. The maximum Gasteiger partial charge on any atom is 0.345 e. The Hall–Kier alpha value is -3.25. The third-order valence-corrected chi connectivity index (χ3v) is 5.20. The summed E-state index contributed by atoms with van der Waals surface area (Å²) in [6.07, 6.45) is 1.77. The van der Waals surface area contributed by atoms with E-state index in [1.54, 1.807) is 10.7 Å². The lowest BCUT2D eigenvalue weighted by Crippen LogP contribution is -2.02. The molecule has 0 radical (unpaired) electrons. The van der Waals surface area contributed by atoms with Gasteiger partial charge >= 0.3 is 5.63 Å². The molecule has 0 spiro atoms. The summed E-state index contributed by atoms with van der Waals surface area (Å²) in [6, 6.07) is 17.5. The highest BCUT2D eigenvalue weighted by Crippen LogP contribution is 2.28. The molecule has 0 bridgehead atoms. The number of imidazole rings is 1. The van der Waals surface area contributed by atoms with Crippen LogP contribution in [0.2, 0.25) is 0 Å². The first-order valence-electron chi connectivity index (χ1n) is 8.14. The molecule has 3 heterocycles. The van der Waals surface area contributed by atoms with Gasteiger partial charge in [-0.25, -0.2) is 14.3 Å². The average molecular weight is 359 g/mol. The normalized spacial score (nSPS) is 11.4. The highest BCUT2D eigenvalue weighted by Gasteiger charge is 2.15. The van der Waals surface area contributed by atoms with Crippen molar-refractivity contribution >= 4 is 27.3 Å². The van der Waals surface area contributed by atoms with Crippen LogP contribution < -0.4 is 5.63 Å². The van der Waals surface area contributed by atoms with E-state index in [-0.39, 0.29) is 0 Å². The molecule has 0 atom stereocenters. The van der Waals surface area contributed by atoms with E-state index in [1.807, 2.05) is 61.5 Å². The lowest BCUT2D eigenvalue weighted by molar-refractivity contribution is 0.563. The second-order valence-corrected chi connectivity index (χ2v) is 7.07. The molecule has 0 unspecified atom stereocenters. The van der Waals surface area contributed by atoms with E-state index in [4.69, 9.17) is 4.42 Å². The second kappa shape index (κ2) is 5.64. The highest BCUT2D eigenvalue weighted by atomic mass is 32.1. The minimum atomic E-state index is -0.393. The van der Waals surface area contributed by atoms with Crippen molar-refractivity contribution in [3.8, 4) is 21.8 Å². The number of aromatic nitrogens is 3. The molecule has 0 saturated carbocycles. The van der Waals surface area contributed by atoms with Gasteiger partial charge < -0.3 is 4.42 Å². The summed E-state index contributed by atoms with van der Waals surface area (Å²) >= 11 is 1.49. The number of rotatable bonds is 2. The van der Waals surface area contributed by atoms with Gasteiger partial charge in [0.05, 0.1) is 17.5 Å².